The van der Waals surface area contributed by atoms with Gasteiger partial charge in [0.15, 0.2) is 0 Å². The molecular formula is C72H74Ir4N8O6-4. The van der Waals surface area contributed by atoms with Crippen LogP contribution in [-0.2, 0) is 80.4 Å². The second-order valence-electron chi connectivity index (χ2n) is 20.2. The summed E-state index contributed by atoms with van der Waals surface area (Å²) in [5, 5.41) is 36.6. The summed E-state index contributed by atoms with van der Waals surface area (Å²) in [4.78, 5) is 34.0. The van der Waals surface area contributed by atoms with E-state index in [1.807, 2.05) is 135 Å². The molecule has 4 unspecified atom stereocenters. The van der Waals surface area contributed by atoms with Crippen molar-refractivity contribution in [3.05, 3.63) is 242 Å². The molecule has 0 fully saturated rings. The Morgan fingerprint density at radius 1 is 0.367 bits per heavy atom. The number of ether oxygens (including phenoxy) is 2. The molecule has 4 aromatic heterocycles. The van der Waals surface area contributed by atoms with Gasteiger partial charge in [0.2, 0.25) is 0 Å². The number of hydrogen-bond donors (Lipinski definition) is 4. The van der Waals surface area contributed by atoms with E-state index in [1.54, 1.807) is 73.3 Å². The first-order valence-corrected chi connectivity index (χ1v) is 28.1. The third kappa shape index (κ3) is 26.9. The zero-order valence-electron chi connectivity index (χ0n) is 51.7. The van der Waals surface area contributed by atoms with Crippen LogP contribution in [0.4, 0.5) is 0 Å². The summed E-state index contributed by atoms with van der Waals surface area (Å²) in [6.45, 7) is 14.7. The molecule has 478 valence electrons. The summed E-state index contributed by atoms with van der Waals surface area (Å²) in [6.07, 6.45) is 5.79. The normalized spacial score (nSPS) is 11.2. The van der Waals surface area contributed by atoms with Crippen LogP contribution in [-0.4, -0.2) is 98.9 Å². The third-order valence-corrected chi connectivity index (χ3v) is 12.6. The summed E-state index contributed by atoms with van der Waals surface area (Å²) < 4.78 is 10.2. The standard InChI is InChI=1S/C22H17N2.C16H11N2.2C12H11N2O.2C5H12O2.4Ir/c1-15-6-5-7-16(2)22(15)21-13-20(23-14-24-21)19-11-10-17-8-3-4-9-18(17)12-19;1-3-7-13(8-4-1)15-11-16(18-12-17-15)14-9-5-2-6-10-14;1-9-7-12(14-8-13-9)10-3-5-11(15-2)6-4-10;1-9-6-12(14-8-13-9)10-4-3-5-11(7-10)15-2;2*1-4(6)3-5(2)7;;;;/h3-10,12-14H,1-2H3;1-9,11-12H;2*3,5-8H,1-2H3;2*4-7H,3H2,1-2H3;;;;/q4*-1;;;;;;. The van der Waals surface area contributed by atoms with Gasteiger partial charge in [-0.05, 0) is 108 Å². The minimum Gasteiger partial charge on any atom is -0.540 e. The monoisotopic (exact) mass is 1920 g/mol. The topological polar surface area (TPSA) is 202 Å². The van der Waals surface area contributed by atoms with Gasteiger partial charge in [-0.1, -0.05) is 102 Å². The molecule has 0 aliphatic carbocycles. The maximum Gasteiger partial charge on any atom is 0.106 e. The summed E-state index contributed by atoms with van der Waals surface area (Å²) in [7, 11) is 3.28. The van der Waals surface area contributed by atoms with Crippen LogP contribution in [0.2, 0.25) is 0 Å². The molecule has 14 nitrogen and oxygen atoms in total. The number of aliphatic hydroxyl groups is 4. The van der Waals surface area contributed by atoms with Gasteiger partial charge >= 0.3 is 0 Å². The molecule has 7 aromatic carbocycles. The maximum atomic E-state index is 8.56. The molecule has 4 N–H and O–H groups in total. The van der Waals surface area contributed by atoms with Gasteiger partial charge in [0.05, 0.1) is 50.0 Å². The molecule has 0 bridgehead atoms. The van der Waals surface area contributed by atoms with Crippen molar-refractivity contribution in [3.8, 4) is 79.0 Å². The molecule has 11 rings (SSSR count). The van der Waals surface area contributed by atoms with Crippen molar-refractivity contribution in [1.29, 1.82) is 0 Å². The number of nitrogens with zero attached hydrogens (tertiary/aromatic N) is 8. The minimum absolute atomic E-state index is 0. The number of aryl methyl sites for hydroxylation is 4. The van der Waals surface area contributed by atoms with Crippen LogP contribution in [0, 0.1) is 52.0 Å². The van der Waals surface area contributed by atoms with E-state index in [0.717, 1.165) is 84.9 Å². The zero-order valence-corrected chi connectivity index (χ0v) is 61.3. The predicted octanol–water partition coefficient (Wildman–Crippen LogP) is 13.8. The SMILES string of the molecule is CC(O)CC(C)O.CC(O)CC(C)O.COc1c[c-]c(-c2cc(C)ncn2)cc1.COc1cc[c-]c(-c2cc(C)ncn2)c1.Cc1cccc(C)c1-c1cc(-c2[c-]cc3ccccc3c2)ncn1.[Ir].[Ir].[Ir].[Ir].[c-]1ccccc1-c1cc(-c2ccccc2)ncn1. The van der Waals surface area contributed by atoms with Crippen LogP contribution in [0.3, 0.4) is 0 Å². The number of aromatic nitrogens is 8. The number of fused-ring (bicyclic) bond motifs is 1. The van der Waals surface area contributed by atoms with Crippen molar-refractivity contribution >= 4 is 10.8 Å². The molecule has 0 amide bonds. The first kappa shape index (κ1) is 79.3. The molecule has 0 spiro atoms. The number of benzene rings is 7. The summed E-state index contributed by atoms with van der Waals surface area (Å²) in [5.74, 6) is 1.60. The van der Waals surface area contributed by atoms with Crippen LogP contribution >= 0.6 is 0 Å². The van der Waals surface area contributed by atoms with Gasteiger partial charge in [0.1, 0.15) is 25.3 Å². The van der Waals surface area contributed by atoms with Crippen LogP contribution in [0.5, 0.6) is 11.5 Å². The zero-order chi connectivity index (χ0) is 61.8. The van der Waals surface area contributed by atoms with E-state index < -0.39 is 0 Å². The molecule has 4 heterocycles. The summed E-state index contributed by atoms with van der Waals surface area (Å²) in [6, 6.07) is 68.5. The molecule has 0 saturated heterocycles. The minimum atomic E-state index is -0.375. The summed E-state index contributed by atoms with van der Waals surface area (Å²) >= 11 is 0. The Kier molecular flexibility index (Phi) is 37.2. The van der Waals surface area contributed by atoms with Gasteiger partial charge in [-0.3, -0.25) is 19.9 Å². The Morgan fingerprint density at radius 2 is 0.811 bits per heavy atom. The van der Waals surface area contributed by atoms with Crippen molar-refractivity contribution in [2.24, 2.45) is 0 Å². The Balaban J connectivity index is 0.000000382. The second kappa shape index (κ2) is 42.3. The van der Waals surface area contributed by atoms with E-state index in [0.29, 0.717) is 12.8 Å². The van der Waals surface area contributed by atoms with E-state index in [2.05, 4.69) is 120 Å². The molecule has 4 atom stereocenters. The van der Waals surface area contributed by atoms with Crippen molar-refractivity contribution in [2.75, 3.05) is 14.2 Å². The van der Waals surface area contributed by atoms with Gasteiger partial charge in [0, 0.05) is 109 Å². The molecule has 90 heavy (non-hydrogen) atoms. The molecule has 0 aliphatic rings. The van der Waals surface area contributed by atoms with Crippen molar-refractivity contribution in [3.63, 3.8) is 0 Å². The van der Waals surface area contributed by atoms with E-state index in [1.165, 1.54) is 27.5 Å². The van der Waals surface area contributed by atoms with E-state index >= 15 is 0 Å². The van der Waals surface area contributed by atoms with Gasteiger partial charge in [0.25, 0.3) is 0 Å². The number of aliphatic hydroxyl groups excluding tert-OH is 4. The second-order valence-corrected chi connectivity index (χ2v) is 20.2. The molecule has 18 heteroatoms. The fourth-order valence-corrected chi connectivity index (χ4v) is 8.57. The largest absolute Gasteiger partial charge is 0.540 e. The molecule has 4 radical (unpaired) electrons. The average molecular weight is 1920 g/mol. The fourth-order valence-electron chi connectivity index (χ4n) is 8.57. The molecule has 11 aromatic rings. The fraction of sp³-hybridized carbons (Fsp3) is 0.222. The van der Waals surface area contributed by atoms with Gasteiger partial charge in [-0.15, -0.1) is 125 Å². The smallest absolute Gasteiger partial charge is 0.106 e. The van der Waals surface area contributed by atoms with E-state index in [4.69, 9.17) is 29.9 Å². The Morgan fingerprint density at radius 3 is 1.32 bits per heavy atom. The number of rotatable bonds is 12. The van der Waals surface area contributed by atoms with Crippen molar-refractivity contribution in [2.45, 2.75) is 92.6 Å². The Labute approximate surface area is 584 Å². The van der Waals surface area contributed by atoms with Crippen LogP contribution in [0.15, 0.2) is 195 Å². The number of methoxy groups -OCH3 is 2. The van der Waals surface area contributed by atoms with Gasteiger partial charge in [-0.2, -0.15) is 0 Å². The van der Waals surface area contributed by atoms with Crippen molar-refractivity contribution in [1.82, 2.24) is 39.9 Å². The summed E-state index contributed by atoms with van der Waals surface area (Å²) in [5.41, 5.74) is 15.9. The van der Waals surface area contributed by atoms with Crippen LogP contribution < -0.4 is 9.47 Å². The molecule has 0 saturated carbocycles. The van der Waals surface area contributed by atoms with Crippen molar-refractivity contribution < 1.29 is 110 Å². The first-order valence-electron chi connectivity index (χ1n) is 28.1. The Bertz CT molecular complexity index is 3700. The number of hydrogen-bond acceptors (Lipinski definition) is 14. The van der Waals surface area contributed by atoms with Crippen LogP contribution in [0.25, 0.3) is 78.3 Å². The first-order chi connectivity index (χ1) is 41.5. The van der Waals surface area contributed by atoms with E-state index in [9.17, 15) is 0 Å². The van der Waals surface area contributed by atoms with Gasteiger partial charge < -0.3 is 29.9 Å². The van der Waals surface area contributed by atoms with Crippen LogP contribution in [0.1, 0.15) is 63.1 Å². The Hall–Kier alpha value is -6.84. The third-order valence-electron chi connectivity index (χ3n) is 12.6. The predicted molar refractivity (Wildman–Crippen MR) is 342 cm³/mol. The van der Waals surface area contributed by atoms with Gasteiger partial charge in [-0.25, -0.2) is 19.9 Å². The van der Waals surface area contributed by atoms with E-state index in [-0.39, 0.29) is 105 Å². The quantitative estimate of drug-likeness (QED) is 0.0841. The average Bonchev–Trinajstić information content (AvgIpc) is 1.01. The maximum absolute atomic E-state index is 8.56. The molecular weight excluding hydrogens is 1840 g/mol. The molecule has 0 aliphatic heterocycles.